The molecule has 7 nitrogen and oxygen atoms in total. The summed E-state index contributed by atoms with van der Waals surface area (Å²) in [6, 6.07) is 0. The van der Waals surface area contributed by atoms with E-state index in [1.54, 1.807) is 6.92 Å². The Morgan fingerprint density at radius 1 is 1.48 bits per heavy atom. The van der Waals surface area contributed by atoms with Gasteiger partial charge in [-0.05, 0) is 48.2 Å². The van der Waals surface area contributed by atoms with Crippen molar-refractivity contribution in [2.24, 2.45) is 5.92 Å². The van der Waals surface area contributed by atoms with Crippen LogP contribution in [0.1, 0.15) is 35.9 Å². The number of nitrogens with one attached hydrogen (secondary N) is 1. The van der Waals surface area contributed by atoms with Gasteiger partial charge < -0.3 is 10.1 Å². The normalized spacial score (nSPS) is 18.7. The molecule has 0 spiro atoms. The van der Waals surface area contributed by atoms with E-state index in [1.807, 2.05) is 11.6 Å². The molecule has 1 saturated heterocycles. The molecule has 8 heteroatoms. The monoisotopic (exact) mass is 386 g/mol. The zero-order valence-electron chi connectivity index (χ0n) is 13.8. The van der Waals surface area contributed by atoms with Crippen molar-refractivity contribution in [1.82, 2.24) is 20.0 Å². The zero-order chi connectivity index (χ0) is 17.0. The molecule has 0 saturated carbocycles. The Kier molecular flexibility index (Phi) is 6.17. The summed E-state index contributed by atoms with van der Waals surface area (Å²) in [7, 11) is 1.35. The van der Waals surface area contributed by atoms with E-state index in [-0.39, 0.29) is 5.91 Å². The van der Waals surface area contributed by atoms with Crippen LogP contribution in [0.3, 0.4) is 0 Å². The smallest absolute Gasteiger partial charge is 0.359 e. The molecule has 1 unspecified atom stereocenters. The highest BCUT2D eigenvalue weighted by molar-refractivity contribution is 9.10. The molecule has 2 rings (SSSR count). The molecule has 0 aromatic carbocycles. The molecule has 1 N–H and O–H groups in total. The summed E-state index contributed by atoms with van der Waals surface area (Å²) in [6.07, 6.45) is 2.21. The van der Waals surface area contributed by atoms with Gasteiger partial charge >= 0.3 is 5.97 Å². The Morgan fingerprint density at radius 2 is 2.22 bits per heavy atom. The quantitative estimate of drug-likeness (QED) is 0.776. The van der Waals surface area contributed by atoms with Crippen LogP contribution in [-0.2, 0) is 16.2 Å². The summed E-state index contributed by atoms with van der Waals surface area (Å²) < 4.78 is 7.24. The van der Waals surface area contributed by atoms with Crippen molar-refractivity contribution < 1.29 is 14.3 Å². The van der Waals surface area contributed by atoms with Crippen LogP contribution in [0.25, 0.3) is 0 Å². The van der Waals surface area contributed by atoms with Gasteiger partial charge in [0.15, 0.2) is 5.69 Å². The van der Waals surface area contributed by atoms with Gasteiger partial charge in [-0.3, -0.25) is 14.4 Å². The lowest BCUT2D eigenvalue weighted by Gasteiger charge is -2.32. The summed E-state index contributed by atoms with van der Waals surface area (Å²) in [6.45, 7) is 6.69. The minimum atomic E-state index is -0.444. The number of methoxy groups -OCH3 is 1. The van der Waals surface area contributed by atoms with Crippen LogP contribution in [0.2, 0.25) is 0 Å². The minimum absolute atomic E-state index is 0.0108. The average molecular weight is 387 g/mol. The predicted molar refractivity (Wildman–Crippen MR) is 89.0 cm³/mol. The van der Waals surface area contributed by atoms with Crippen molar-refractivity contribution >= 4 is 27.8 Å². The number of carbonyl (C=O) groups excluding carboxylic acids is 2. The highest BCUT2D eigenvalue weighted by Gasteiger charge is 2.23. The number of likely N-dealkylation sites (tertiary alicyclic amines) is 1. The SMILES string of the molecule is COC(=O)c1nn(CN2CCCC(CNC(C)=O)C2)c(C)c1Br. The number of esters is 1. The standard InChI is InChI=1S/C15H23BrN4O3/c1-10-13(16)14(15(22)23-3)18-20(10)9-19-6-4-5-12(8-19)7-17-11(2)21/h12H,4-9H2,1-3H3,(H,17,21). The van der Waals surface area contributed by atoms with Crippen LogP contribution in [0, 0.1) is 12.8 Å². The third-order valence-corrected chi connectivity index (χ3v) is 5.04. The molecule has 1 aliphatic heterocycles. The van der Waals surface area contributed by atoms with Crippen LogP contribution in [-0.4, -0.2) is 53.3 Å². The highest BCUT2D eigenvalue weighted by Crippen LogP contribution is 2.23. The second-order valence-corrected chi connectivity index (χ2v) is 6.70. The second-order valence-electron chi connectivity index (χ2n) is 5.90. The van der Waals surface area contributed by atoms with E-state index >= 15 is 0 Å². The third kappa shape index (κ3) is 4.54. The Hall–Kier alpha value is -1.41. The van der Waals surface area contributed by atoms with Gasteiger partial charge in [-0.2, -0.15) is 5.10 Å². The molecule has 1 aromatic rings. The Bertz CT molecular complexity index is 588. The fraction of sp³-hybridized carbons (Fsp3) is 0.667. The molecule has 0 aliphatic carbocycles. The van der Waals surface area contributed by atoms with Crippen molar-refractivity contribution in [3.8, 4) is 0 Å². The lowest BCUT2D eigenvalue weighted by molar-refractivity contribution is -0.119. The van der Waals surface area contributed by atoms with E-state index in [0.29, 0.717) is 29.3 Å². The molecule has 1 amide bonds. The van der Waals surface area contributed by atoms with E-state index in [0.717, 1.165) is 31.6 Å². The Morgan fingerprint density at radius 3 is 2.87 bits per heavy atom. The molecule has 0 bridgehead atoms. The lowest BCUT2D eigenvalue weighted by atomic mass is 9.98. The zero-order valence-corrected chi connectivity index (χ0v) is 15.4. The molecular weight excluding hydrogens is 364 g/mol. The van der Waals surface area contributed by atoms with Crippen molar-refractivity contribution in [1.29, 1.82) is 0 Å². The fourth-order valence-electron chi connectivity index (χ4n) is 2.81. The van der Waals surface area contributed by atoms with Crippen molar-refractivity contribution in [3.05, 3.63) is 15.9 Å². The summed E-state index contributed by atoms with van der Waals surface area (Å²) in [4.78, 5) is 25.1. The Labute approximate surface area is 144 Å². The third-order valence-electron chi connectivity index (χ3n) is 4.09. The molecule has 0 radical (unpaired) electrons. The predicted octanol–water partition coefficient (Wildman–Crippen LogP) is 1.55. The molecule has 23 heavy (non-hydrogen) atoms. The lowest BCUT2D eigenvalue weighted by Crippen LogP contribution is -2.41. The maximum Gasteiger partial charge on any atom is 0.359 e. The van der Waals surface area contributed by atoms with Crippen molar-refractivity contribution in [2.75, 3.05) is 26.7 Å². The van der Waals surface area contributed by atoms with Crippen LogP contribution < -0.4 is 5.32 Å². The van der Waals surface area contributed by atoms with Gasteiger partial charge in [0.2, 0.25) is 5.91 Å². The number of ether oxygens (including phenoxy) is 1. The number of hydrogen-bond donors (Lipinski definition) is 1. The fourth-order valence-corrected chi connectivity index (χ4v) is 3.26. The van der Waals surface area contributed by atoms with E-state index < -0.39 is 5.97 Å². The maximum absolute atomic E-state index is 11.7. The van der Waals surface area contributed by atoms with Crippen molar-refractivity contribution in [2.45, 2.75) is 33.4 Å². The highest BCUT2D eigenvalue weighted by atomic mass is 79.9. The van der Waals surface area contributed by atoms with E-state index in [9.17, 15) is 9.59 Å². The largest absolute Gasteiger partial charge is 0.464 e. The van der Waals surface area contributed by atoms with Gasteiger partial charge in [0.25, 0.3) is 0 Å². The van der Waals surface area contributed by atoms with Gasteiger partial charge in [-0.25, -0.2) is 4.79 Å². The first kappa shape index (κ1) is 17.9. The number of carbonyl (C=O) groups is 2. The van der Waals surface area contributed by atoms with Gasteiger partial charge in [0.1, 0.15) is 0 Å². The van der Waals surface area contributed by atoms with Crippen LogP contribution in [0.4, 0.5) is 0 Å². The summed E-state index contributed by atoms with van der Waals surface area (Å²) in [5, 5.41) is 7.25. The first-order valence-electron chi connectivity index (χ1n) is 7.70. The maximum atomic E-state index is 11.7. The summed E-state index contributed by atoms with van der Waals surface area (Å²) >= 11 is 3.41. The Balaban J connectivity index is 2.01. The van der Waals surface area contributed by atoms with Gasteiger partial charge in [-0.15, -0.1) is 0 Å². The molecule has 1 atom stereocenters. The molecular formula is C15H23BrN4O3. The van der Waals surface area contributed by atoms with Gasteiger partial charge in [-0.1, -0.05) is 0 Å². The first-order chi connectivity index (χ1) is 10.9. The van der Waals surface area contributed by atoms with E-state index in [2.05, 4.69) is 31.2 Å². The number of halogens is 1. The first-order valence-corrected chi connectivity index (χ1v) is 8.49. The summed E-state index contributed by atoms with van der Waals surface area (Å²) in [5.74, 6) is 0.0182. The number of nitrogens with zero attached hydrogens (tertiary/aromatic N) is 3. The van der Waals surface area contributed by atoms with Gasteiger partial charge in [0.05, 0.1) is 23.9 Å². The minimum Gasteiger partial charge on any atom is -0.464 e. The molecule has 1 aliphatic rings. The summed E-state index contributed by atoms with van der Waals surface area (Å²) in [5.41, 5.74) is 1.20. The number of piperidine rings is 1. The van der Waals surface area contributed by atoms with Crippen molar-refractivity contribution in [3.63, 3.8) is 0 Å². The molecule has 1 fully saturated rings. The van der Waals surface area contributed by atoms with Gasteiger partial charge in [0, 0.05) is 20.0 Å². The molecule has 128 valence electrons. The topological polar surface area (TPSA) is 76.5 Å². The molecule has 1 aromatic heterocycles. The molecule has 2 heterocycles. The van der Waals surface area contributed by atoms with Crippen LogP contribution >= 0.6 is 15.9 Å². The van der Waals surface area contributed by atoms with Crippen LogP contribution in [0.15, 0.2) is 4.47 Å². The number of amides is 1. The number of hydrogen-bond acceptors (Lipinski definition) is 5. The van der Waals surface area contributed by atoms with E-state index in [1.165, 1.54) is 7.11 Å². The van der Waals surface area contributed by atoms with Crippen LogP contribution in [0.5, 0.6) is 0 Å². The second kappa shape index (κ2) is 7.92. The number of aromatic nitrogens is 2. The van der Waals surface area contributed by atoms with E-state index in [4.69, 9.17) is 4.74 Å². The average Bonchev–Trinajstić information content (AvgIpc) is 2.81. The number of rotatable bonds is 5.